The van der Waals surface area contributed by atoms with Crippen molar-refractivity contribution < 1.29 is 14.0 Å². The smallest absolute Gasteiger partial charge is 0.255 e. The van der Waals surface area contributed by atoms with E-state index >= 15 is 0 Å². The maximum Gasteiger partial charge on any atom is 0.255 e. The summed E-state index contributed by atoms with van der Waals surface area (Å²) >= 11 is 0. The van der Waals surface area contributed by atoms with Crippen LogP contribution >= 0.6 is 0 Å². The second-order valence-electron chi connectivity index (χ2n) is 6.68. The molecule has 1 aromatic carbocycles. The number of nitrogens with zero attached hydrogens (tertiary/aromatic N) is 2. The zero-order valence-corrected chi connectivity index (χ0v) is 14.6. The molecule has 0 unspecified atom stereocenters. The van der Waals surface area contributed by atoms with Gasteiger partial charge in [0.2, 0.25) is 5.91 Å². The fourth-order valence-electron chi connectivity index (χ4n) is 3.24. The lowest BCUT2D eigenvalue weighted by Crippen LogP contribution is -2.29. The summed E-state index contributed by atoms with van der Waals surface area (Å²) in [6.07, 6.45) is 9.25. The van der Waals surface area contributed by atoms with Crippen molar-refractivity contribution in [1.82, 2.24) is 15.1 Å². The maximum absolute atomic E-state index is 12.9. The van der Waals surface area contributed by atoms with Gasteiger partial charge in [0.15, 0.2) is 0 Å². The largest absolute Gasteiger partial charge is 0.354 e. The zero-order chi connectivity index (χ0) is 18.4. The Balaban J connectivity index is 1.44. The molecule has 6 nitrogen and oxygen atoms in total. The molecule has 1 fully saturated rings. The van der Waals surface area contributed by atoms with E-state index in [1.54, 1.807) is 6.20 Å². The lowest BCUT2D eigenvalue weighted by atomic mass is 10.0. The van der Waals surface area contributed by atoms with Crippen LogP contribution in [0, 0.1) is 11.7 Å². The number of nitrogens with one attached hydrogen (secondary N) is 2. The normalized spacial score (nSPS) is 14.3. The minimum Gasteiger partial charge on any atom is -0.354 e. The van der Waals surface area contributed by atoms with Crippen molar-refractivity contribution in [3.05, 3.63) is 48.0 Å². The molecule has 1 saturated carbocycles. The molecule has 1 aliphatic carbocycles. The Bertz CT molecular complexity index is 751. The fourth-order valence-corrected chi connectivity index (χ4v) is 3.24. The van der Waals surface area contributed by atoms with Gasteiger partial charge >= 0.3 is 0 Å². The summed E-state index contributed by atoms with van der Waals surface area (Å²) in [6, 6.07) is 5.28. The quantitative estimate of drug-likeness (QED) is 0.799. The molecular weight excluding hydrogens is 335 g/mol. The van der Waals surface area contributed by atoms with E-state index in [-0.39, 0.29) is 18.4 Å². The van der Waals surface area contributed by atoms with Gasteiger partial charge in [-0.3, -0.25) is 14.3 Å². The number of hydrogen-bond donors (Lipinski definition) is 2. The van der Waals surface area contributed by atoms with E-state index in [9.17, 15) is 14.0 Å². The van der Waals surface area contributed by atoms with Gasteiger partial charge in [0.25, 0.3) is 5.91 Å². The van der Waals surface area contributed by atoms with Crippen LogP contribution in [0.3, 0.4) is 0 Å². The molecule has 0 radical (unpaired) electrons. The molecule has 1 aliphatic rings. The molecule has 3 rings (SSSR count). The number of halogens is 1. The summed E-state index contributed by atoms with van der Waals surface area (Å²) in [5.41, 5.74) is 0.835. The molecule has 2 N–H and O–H groups in total. The van der Waals surface area contributed by atoms with E-state index in [0.29, 0.717) is 17.8 Å². The molecule has 1 heterocycles. The number of amides is 2. The highest BCUT2D eigenvalue weighted by molar-refractivity contribution is 6.04. The average Bonchev–Trinajstić information content (AvgIpc) is 3.28. The first-order valence-electron chi connectivity index (χ1n) is 8.96. The number of hydrogen-bond acceptors (Lipinski definition) is 3. The van der Waals surface area contributed by atoms with E-state index in [1.165, 1.54) is 60.8 Å². The SMILES string of the molecule is O=C(Cn1cc(NC(=O)c2ccc(F)cc2)cn1)NCCC1CCCC1. The van der Waals surface area contributed by atoms with E-state index < -0.39 is 5.82 Å². The summed E-state index contributed by atoms with van der Waals surface area (Å²) in [6.45, 7) is 0.802. The van der Waals surface area contributed by atoms with E-state index in [2.05, 4.69) is 15.7 Å². The second kappa shape index (κ2) is 8.60. The fraction of sp³-hybridized carbons (Fsp3) is 0.421. The monoisotopic (exact) mass is 358 g/mol. The number of carbonyl (C=O) groups excluding carboxylic acids is 2. The molecule has 0 atom stereocenters. The van der Waals surface area contributed by atoms with Crippen LogP contribution in [0.15, 0.2) is 36.7 Å². The molecular formula is C19H23FN4O2. The third kappa shape index (κ3) is 5.15. The van der Waals surface area contributed by atoms with Crippen molar-refractivity contribution in [2.75, 3.05) is 11.9 Å². The van der Waals surface area contributed by atoms with Crippen LogP contribution in [0.1, 0.15) is 42.5 Å². The molecule has 1 aromatic heterocycles. The second-order valence-corrected chi connectivity index (χ2v) is 6.68. The van der Waals surface area contributed by atoms with E-state index in [0.717, 1.165) is 12.3 Å². The van der Waals surface area contributed by atoms with E-state index in [4.69, 9.17) is 0 Å². The molecule has 0 spiro atoms. The molecule has 2 amide bonds. The maximum atomic E-state index is 12.9. The van der Waals surface area contributed by atoms with Crippen LogP contribution < -0.4 is 10.6 Å². The predicted molar refractivity (Wildman–Crippen MR) is 96.2 cm³/mol. The molecule has 2 aromatic rings. The number of rotatable bonds is 7. The van der Waals surface area contributed by atoms with Gasteiger partial charge < -0.3 is 10.6 Å². The average molecular weight is 358 g/mol. The van der Waals surface area contributed by atoms with E-state index in [1.807, 2.05) is 0 Å². The highest BCUT2D eigenvalue weighted by atomic mass is 19.1. The topological polar surface area (TPSA) is 76.0 Å². The summed E-state index contributed by atoms with van der Waals surface area (Å²) in [5.74, 6) is -0.102. The summed E-state index contributed by atoms with van der Waals surface area (Å²) in [7, 11) is 0. The molecule has 0 aliphatic heterocycles. The number of benzene rings is 1. The third-order valence-corrected chi connectivity index (χ3v) is 4.65. The summed E-state index contributed by atoms with van der Waals surface area (Å²) in [5, 5.41) is 9.68. The van der Waals surface area contributed by atoms with Crippen LogP contribution in [0.2, 0.25) is 0 Å². The first-order valence-corrected chi connectivity index (χ1v) is 8.96. The Morgan fingerprint density at radius 1 is 1.19 bits per heavy atom. The van der Waals surface area contributed by atoms with Crippen LogP contribution in [0.25, 0.3) is 0 Å². The molecule has 0 bridgehead atoms. The first kappa shape index (κ1) is 18.1. The highest BCUT2D eigenvalue weighted by Gasteiger charge is 2.15. The minimum absolute atomic E-state index is 0.0949. The van der Waals surface area contributed by atoms with Gasteiger partial charge in [-0.25, -0.2) is 4.39 Å². The van der Waals surface area contributed by atoms with Crippen molar-refractivity contribution in [3.63, 3.8) is 0 Å². The van der Waals surface area contributed by atoms with Gasteiger partial charge in [0.1, 0.15) is 12.4 Å². The van der Waals surface area contributed by atoms with Gasteiger partial charge in [-0.05, 0) is 36.6 Å². The molecule has 7 heteroatoms. The van der Waals surface area contributed by atoms with Crippen LogP contribution in [0.5, 0.6) is 0 Å². The Hall–Kier alpha value is -2.70. The van der Waals surface area contributed by atoms with Crippen molar-refractivity contribution in [2.45, 2.75) is 38.6 Å². The Kier molecular flexibility index (Phi) is 5.99. The molecule has 0 saturated heterocycles. The van der Waals surface area contributed by atoms with Gasteiger partial charge in [-0.2, -0.15) is 5.10 Å². The van der Waals surface area contributed by atoms with Crippen molar-refractivity contribution >= 4 is 17.5 Å². The summed E-state index contributed by atoms with van der Waals surface area (Å²) < 4.78 is 14.4. The first-order chi connectivity index (χ1) is 12.6. The Labute approximate surface area is 151 Å². The van der Waals surface area contributed by atoms with Gasteiger partial charge in [0.05, 0.1) is 11.9 Å². The Morgan fingerprint density at radius 3 is 2.65 bits per heavy atom. The van der Waals surface area contributed by atoms with Gasteiger partial charge in [-0.15, -0.1) is 0 Å². The summed E-state index contributed by atoms with van der Waals surface area (Å²) in [4.78, 5) is 24.1. The standard InChI is InChI=1S/C19H23FN4O2/c20-16-7-5-15(6-8-16)19(26)23-17-11-22-24(12-17)13-18(25)21-10-9-14-3-1-2-4-14/h5-8,11-12,14H,1-4,9-10,13H2,(H,21,25)(H,23,26). The van der Waals surface area contributed by atoms with Crippen LogP contribution in [0.4, 0.5) is 10.1 Å². The Morgan fingerprint density at radius 2 is 1.92 bits per heavy atom. The van der Waals surface area contributed by atoms with Gasteiger partial charge in [0, 0.05) is 18.3 Å². The zero-order valence-electron chi connectivity index (χ0n) is 14.6. The third-order valence-electron chi connectivity index (χ3n) is 4.65. The number of aromatic nitrogens is 2. The lowest BCUT2D eigenvalue weighted by molar-refractivity contribution is -0.121. The highest BCUT2D eigenvalue weighted by Crippen LogP contribution is 2.26. The predicted octanol–water partition coefficient (Wildman–Crippen LogP) is 2.97. The van der Waals surface area contributed by atoms with Crippen molar-refractivity contribution in [3.8, 4) is 0 Å². The molecule has 138 valence electrons. The minimum atomic E-state index is -0.395. The van der Waals surface area contributed by atoms with Crippen molar-refractivity contribution in [2.24, 2.45) is 5.92 Å². The van der Waals surface area contributed by atoms with Crippen LogP contribution in [-0.4, -0.2) is 28.1 Å². The van der Waals surface area contributed by atoms with Crippen LogP contribution in [-0.2, 0) is 11.3 Å². The number of carbonyl (C=O) groups is 2. The number of anilines is 1. The lowest BCUT2D eigenvalue weighted by Gasteiger charge is -2.09. The molecule has 26 heavy (non-hydrogen) atoms. The van der Waals surface area contributed by atoms with Gasteiger partial charge in [-0.1, -0.05) is 25.7 Å². The van der Waals surface area contributed by atoms with Crippen molar-refractivity contribution in [1.29, 1.82) is 0 Å².